The average Bonchev–Trinajstić information content (AvgIpc) is 3.81. The maximum absolute atomic E-state index is 14.6. The van der Waals surface area contributed by atoms with Crippen LogP contribution in [-0.4, -0.2) is 77.8 Å². The summed E-state index contributed by atoms with van der Waals surface area (Å²) in [4.78, 5) is 73.2. The van der Waals surface area contributed by atoms with Crippen molar-refractivity contribution in [1.29, 1.82) is 0 Å². The molecule has 3 aromatic carbocycles. The van der Waals surface area contributed by atoms with E-state index in [0.717, 1.165) is 44.1 Å². The van der Waals surface area contributed by atoms with E-state index in [4.69, 9.17) is 11.5 Å². The Hall–Kier alpha value is -5.57. The summed E-state index contributed by atoms with van der Waals surface area (Å²) in [7, 11) is 0. The van der Waals surface area contributed by atoms with E-state index < -0.39 is 52.7 Å². The number of thiophene rings is 1. The molecule has 7 rings (SSSR count). The summed E-state index contributed by atoms with van der Waals surface area (Å²) in [5.74, 6) is -2.64. The van der Waals surface area contributed by atoms with Crippen molar-refractivity contribution in [3.63, 3.8) is 0 Å². The lowest BCUT2D eigenvalue weighted by atomic mass is 9.68. The molecular weight excluding hydrogens is 741 g/mol. The fourth-order valence-electron chi connectivity index (χ4n) is 8.00. The summed E-state index contributed by atoms with van der Waals surface area (Å²) in [6.45, 7) is 1.14. The lowest BCUT2D eigenvalue weighted by Gasteiger charge is -2.40. The Labute approximate surface area is 335 Å². The molecule has 5 aromatic rings. The SMILES string of the molecule is NCC1(C(=O)N[C@H](Cc2csc3ccccc23)C(=O)N[C@H](Cc2c[nH]c3ccccc23)C(=O)N[C@@H](Cc2ccccc2)C(=O)NC2(C(N)=O)CCNCC2)CCC1. The van der Waals surface area contributed by atoms with Crippen LogP contribution in [0.25, 0.3) is 21.0 Å². The number of carbonyl (C=O) groups excluding carboxylic acids is 5. The van der Waals surface area contributed by atoms with Gasteiger partial charge in [0.1, 0.15) is 23.7 Å². The highest BCUT2D eigenvalue weighted by atomic mass is 32.1. The Morgan fingerprint density at radius 3 is 1.98 bits per heavy atom. The summed E-state index contributed by atoms with van der Waals surface area (Å²) in [5.41, 5.74) is 13.3. The lowest BCUT2D eigenvalue weighted by molar-refractivity contribution is -0.139. The molecule has 3 heterocycles. The molecule has 1 saturated heterocycles. The number of aromatic amines is 1. The Bertz CT molecular complexity index is 2240. The number of fused-ring (bicyclic) bond motifs is 2. The summed E-state index contributed by atoms with van der Waals surface area (Å²) in [6, 6.07) is 21.5. The quantitative estimate of drug-likeness (QED) is 0.0748. The van der Waals surface area contributed by atoms with Crippen molar-refractivity contribution in [2.45, 2.75) is 75.0 Å². The third kappa shape index (κ3) is 8.73. The van der Waals surface area contributed by atoms with Crippen molar-refractivity contribution in [1.82, 2.24) is 31.6 Å². The second kappa shape index (κ2) is 17.3. The maximum atomic E-state index is 14.6. The monoisotopic (exact) mass is 790 g/mol. The maximum Gasteiger partial charge on any atom is 0.243 e. The van der Waals surface area contributed by atoms with Gasteiger partial charge in [0.15, 0.2) is 0 Å². The van der Waals surface area contributed by atoms with Crippen molar-refractivity contribution in [3.8, 4) is 0 Å². The molecule has 1 saturated carbocycles. The normalized spacial score (nSPS) is 17.4. The molecule has 5 amide bonds. The minimum absolute atomic E-state index is 0.0763. The highest BCUT2D eigenvalue weighted by Gasteiger charge is 2.45. The number of aromatic nitrogens is 1. The van der Waals surface area contributed by atoms with Crippen LogP contribution in [0.2, 0.25) is 0 Å². The molecule has 298 valence electrons. The van der Waals surface area contributed by atoms with Crippen LogP contribution in [0.3, 0.4) is 0 Å². The topological polar surface area (TPSA) is 213 Å². The highest BCUT2D eigenvalue weighted by Crippen LogP contribution is 2.40. The minimum atomic E-state index is -1.28. The number of benzene rings is 3. The molecule has 57 heavy (non-hydrogen) atoms. The number of carbonyl (C=O) groups is 5. The molecule has 2 aliphatic rings. The van der Waals surface area contributed by atoms with Crippen molar-refractivity contribution >= 4 is 61.9 Å². The molecule has 1 aliphatic carbocycles. The predicted octanol–water partition coefficient (Wildman–Crippen LogP) is 2.72. The van der Waals surface area contributed by atoms with Gasteiger partial charge in [0, 0.05) is 47.6 Å². The van der Waals surface area contributed by atoms with Crippen LogP contribution in [0, 0.1) is 5.41 Å². The molecule has 13 nitrogen and oxygen atoms in total. The first-order chi connectivity index (χ1) is 27.6. The zero-order valence-electron chi connectivity index (χ0n) is 31.8. The molecule has 0 unspecified atom stereocenters. The van der Waals surface area contributed by atoms with Gasteiger partial charge in [-0.1, -0.05) is 73.2 Å². The van der Waals surface area contributed by atoms with E-state index in [1.54, 1.807) is 17.5 Å². The van der Waals surface area contributed by atoms with Crippen molar-refractivity contribution in [2.75, 3.05) is 19.6 Å². The number of hydrogen-bond acceptors (Lipinski definition) is 8. The van der Waals surface area contributed by atoms with Crippen LogP contribution in [0.5, 0.6) is 0 Å². The molecular formula is C43H50N8O5S. The van der Waals surface area contributed by atoms with Crippen LogP contribution in [-0.2, 0) is 43.2 Å². The number of H-pyrrole nitrogens is 1. The number of para-hydroxylation sites is 1. The summed E-state index contributed by atoms with van der Waals surface area (Å²) in [6.07, 6.45) is 4.93. The van der Waals surface area contributed by atoms with Crippen LogP contribution < -0.4 is 38.1 Å². The number of rotatable bonds is 16. The van der Waals surface area contributed by atoms with Gasteiger partial charge in [-0.3, -0.25) is 24.0 Å². The molecule has 10 N–H and O–H groups in total. The standard InChI is InChI=1S/C43H50N8O5S/c44-26-42(15-8-16-42)41(56)50-35(23-29-25-57-36-14-7-5-12-31(29)36)38(53)49-34(22-28-24-47-32-13-6-4-11-30(28)32)37(52)48-33(21-27-9-2-1-3-10-27)39(54)51-43(40(45)55)17-19-46-20-18-43/h1-7,9-14,24-25,33-35,46-47H,8,15-23,26,44H2,(H2,45,55)(H,48,52)(H,49,53)(H,50,56)(H,51,54)/t33-,34+,35+/m0/s1. The number of hydrogen-bond donors (Lipinski definition) is 8. The van der Waals surface area contributed by atoms with Gasteiger partial charge < -0.3 is 43.0 Å². The fourth-order valence-corrected chi connectivity index (χ4v) is 8.98. The number of primary amides is 1. The minimum Gasteiger partial charge on any atom is -0.368 e. The van der Waals surface area contributed by atoms with Gasteiger partial charge in [0.05, 0.1) is 5.41 Å². The zero-order chi connectivity index (χ0) is 40.0. The van der Waals surface area contributed by atoms with E-state index in [0.29, 0.717) is 38.8 Å². The Kier molecular flexibility index (Phi) is 12.0. The molecule has 14 heteroatoms. The van der Waals surface area contributed by atoms with Crippen LogP contribution in [0.15, 0.2) is 90.4 Å². The third-order valence-corrected chi connectivity index (χ3v) is 12.7. The highest BCUT2D eigenvalue weighted by molar-refractivity contribution is 7.17. The third-order valence-electron chi connectivity index (χ3n) is 11.7. The van der Waals surface area contributed by atoms with Gasteiger partial charge in [-0.15, -0.1) is 11.3 Å². The van der Waals surface area contributed by atoms with Crippen molar-refractivity contribution in [2.24, 2.45) is 16.9 Å². The zero-order valence-corrected chi connectivity index (χ0v) is 32.6. The molecule has 0 radical (unpaired) electrons. The van der Waals surface area contributed by atoms with Crippen molar-refractivity contribution < 1.29 is 24.0 Å². The fraction of sp³-hybridized carbons (Fsp3) is 0.372. The molecule has 2 fully saturated rings. The van der Waals surface area contributed by atoms with E-state index in [9.17, 15) is 24.0 Å². The second-order valence-electron chi connectivity index (χ2n) is 15.4. The number of nitrogens with two attached hydrogens (primary N) is 2. The van der Waals surface area contributed by atoms with E-state index in [2.05, 4.69) is 31.6 Å². The molecule has 2 aromatic heterocycles. The second-order valence-corrected chi connectivity index (χ2v) is 16.3. The van der Waals surface area contributed by atoms with Crippen LogP contribution in [0.1, 0.15) is 48.8 Å². The molecule has 0 bridgehead atoms. The number of piperidine rings is 1. The van der Waals surface area contributed by atoms with E-state index in [-0.39, 0.29) is 31.7 Å². The van der Waals surface area contributed by atoms with Crippen molar-refractivity contribution in [3.05, 3.63) is 107 Å². The molecule has 1 aliphatic heterocycles. The van der Waals surface area contributed by atoms with Crippen LogP contribution in [0.4, 0.5) is 0 Å². The van der Waals surface area contributed by atoms with Gasteiger partial charge >= 0.3 is 0 Å². The number of nitrogens with one attached hydrogen (secondary N) is 6. The largest absolute Gasteiger partial charge is 0.368 e. The Morgan fingerprint density at radius 1 is 0.702 bits per heavy atom. The van der Waals surface area contributed by atoms with Gasteiger partial charge in [0.25, 0.3) is 0 Å². The summed E-state index contributed by atoms with van der Waals surface area (Å²) >= 11 is 1.56. The van der Waals surface area contributed by atoms with E-state index >= 15 is 0 Å². The Balaban J connectivity index is 1.20. The molecule has 3 atom stereocenters. The smallest absolute Gasteiger partial charge is 0.243 e. The van der Waals surface area contributed by atoms with E-state index in [1.807, 2.05) is 84.2 Å². The first-order valence-corrected chi connectivity index (χ1v) is 20.5. The van der Waals surface area contributed by atoms with Crippen LogP contribution >= 0.6 is 11.3 Å². The first-order valence-electron chi connectivity index (χ1n) is 19.6. The van der Waals surface area contributed by atoms with E-state index in [1.165, 1.54) is 0 Å². The Morgan fingerprint density at radius 2 is 1.32 bits per heavy atom. The van der Waals surface area contributed by atoms with Gasteiger partial charge in [-0.2, -0.15) is 0 Å². The number of amides is 5. The van der Waals surface area contributed by atoms with Gasteiger partial charge in [-0.25, -0.2) is 0 Å². The van der Waals surface area contributed by atoms with Gasteiger partial charge in [-0.05, 0) is 78.4 Å². The predicted molar refractivity (Wildman–Crippen MR) is 221 cm³/mol. The first kappa shape index (κ1) is 39.7. The average molecular weight is 791 g/mol. The van der Waals surface area contributed by atoms with Gasteiger partial charge in [0.2, 0.25) is 29.5 Å². The summed E-state index contributed by atoms with van der Waals surface area (Å²) in [5, 5.41) is 18.9. The lowest BCUT2D eigenvalue weighted by Crippen LogP contribution is -2.65. The molecule has 0 spiro atoms. The summed E-state index contributed by atoms with van der Waals surface area (Å²) < 4.78 is 1.05.